The Balaban J connectivity index is 2.40. The van der Waals surface area contributed by atoms with Crippen molar-refractivity contribution in [1.82, 2.24) is 5.32 Å². The second-order valence-electron chi connectivity index (χ2n) is 3.37. The average molecular weight is 208 g/mol. The maximum atomic E-state index is 8.41. The van der Waals surface area contributed by atoms with Gasteiger partial charge in [-0.1, -0.05) is 0 Å². The normalized spacial score (nSPS) is 19.7. The standard InChI is InChI=1S/C10H16N4O/c11-7-8(12)1-2-10(13)15-9-3-5-14-6-4-9/h1-2,9,14H,3-6,12-13H2/b8-1-,10-2+. The van der Waals surface area contributed by atoms with Gasteiger partial charge in [0, 0.05) is 6.08 Å². The molecule has 1 aliphatic rings. The molecule has 0 saturated carbocycles. The molecule has 0 unspecified atom stereocenters. The van der Waals surface area contributed by atoms with E-state index in [0.29, 0.717) is 5.88 Å². The van der Waals surface area contributed by atoms with Gasteiger partial charge in [0.15, 0.2) is 5.88 Å². The SMILES string of the molecule is N#C/C(N)=C/C=C(\N)OC1CCNCC1. The van der Waals surface area contributed by atoms with Crippen LogP contribution in [0.1, 0.15) is 12.8 Å². The zero-order valence-electron chi connectivity index (χ0n) is 8.57. The molecule has 0 atom stereocenters. The predicted octanol–water partition coefficient (Wildman–Crippen LogP) is -0.0787. The van der Waals surface area contributed by atoms with Crippen LogP contribution in [-0.4, -0.2) is 19.2 Å². The molecule has 1 rings (SSSR count). The van der Waals surface area contributed by atoms with Crippen LogP contribution in [0.2, 0.25) is 0 Å². The van der Waals surface area contributed by atoms with Gasteiger partial charge in [0.25, 0.3) is 0 Å². The molecule has 5 N–H and O–H groups in total. The van der Waals surface area contributed by atoms with Gasteiger partial charge in [-0.05, 0) is 32.0 Å². The van der Waals surface area contributed by atoms with Crippen LogP contribution in [0.15, 0.2) is 23.7 Å². The summed E-state index contributed by atoms with van der Waals surface area (Å²) in [6.45, 7) is 1.91. The molecule has 0 amide bonds. The maximum absolute atomic E-state index is 8.41. The summed E-state index contributed by atoms with van der Waals surface area (Å²) in [5.74, 6) is 0.306. The molecular weight excluding hydrogens is 192 g/mol. The van der Waals surface area contributed by atoms with Gasteiger partial charge in [-0.3, -0.25) is 0 Å². The second kappa shape index (κ2) is 5.94. The third-order valence-corrected chi connectivity index (χ3v) is 2.15. The Morgan fingerprint density at radius 2 is 2.00 bits per heavy atom. The molecule has 1 saturated heterocycles. The first kappa shape index (κ1) is 11.4. The van der Waals surface area contributed by atoms with Crippen molar-refractivity contribution in [1.29, 1.82) is 5.26 Å². The number of nitrogens with two attached hydrogens (primary N) is 2. The van der Waals surface area contributed by atoms with Crippen molar-refractivity contribution >= 4 is 0 Å². The van der Waals surface area contributed by atoms with Gasteiger partial charge in [-0.15, -0.1) is 0 Å². The molecule has 0 radical (unpaired) electrons. The van der Waals surface area contributed by atoms with E-state index in [4.69, 9.17) is 21.5 Å². The summed E-state index contributed by atoms with van der Waals surface area (Å²) in [4.78, 5) is 0. The van der Waals surface area contributed by atoms with Crippen LogP contribution >= 0.6 is 0 Å². The smallest absolute Gasteiger partial charge is 0.184 e. The zero-order chi connectivity index (χ0) is 11.1. The van der Waals surface area contributed by atoms with Crippen molar-refractivity contribution in [2.24, 2.45) is 11.5 Å². The molecule has 0 aromatic rings. The van der Waals surface area contributed by atoms with Crippen LogP contribution in [0, 0.1) is 11.3 Å². The van der Waals surface area contributed by atoms with E-state index in [0.717, 1.165) is 25.9 Å². The number of allylic oxidation sites excluding steroid dienone is 3. The van der Waals surface area contributed by atoms with E-state index in [1.165, 1.54) is 12.2 Å². The topological polar surface area (TPSA) is 97.1 Å². The quantitative estimate of drug-likeness (QED) is 0.342. The Kier molecular flexibility index (Phi) is 4.51. The molecule has 0 aromatic carbocycles. The van der Waals surface area contributed by atoms with Crippen molar-refractivity contribution < 1.29 is 4.74 Å². The van der Waals surface area contributed by atoms with E-state index in [9.17, 15) is 0 Å². The number of nitrogens with zero attached hydrogens (tertiary/aromatic N) is 1. The number of ether oxygens (including phenoxy) is 1. The molecule has 5 nitrogen and oxygen atoms in total. The molecule has 0 aliphatic carbocycles. The van der Waals surface area contributed by atoms with Crippen LogP contribution in [0.4, 0.5) is 0 Å². The molecule has 5 heteroatoms. The predicted molar refractivity (Wildman–Crippen MR) is 57.1 cm³/mol. The zero-order valence-corrected chi connectivity index (χ0v) is 8.57. The number of hydrogen-bond donors (Lipinski definition) is 3. The molecule has 1 heterocycles. The molecule has 1 fully saturated rings. The van der Waals surface area contributed by atoms with Crippen LogP contribution in [-0.2, 0) is 4.74 Å². The van der Waals surface area contributed by atoms with E-state index in [1.807, 2.05) is 0 Å². The van der Waals surface area contributed by atoms with Crippen molar-refractivity contribution in [3.8, 4) is 6.07 Å². The first-order valence-electron chi connectivity index (χ1n) is 4.93. The summed E-state index contributed by atoms with van der Waals surface area (Å²) in [5, 5.41) is 11.6. The lowest BCUT2D eigenvalue weighted by molar-refractivity contribution is 0.0865. The third kappa shape index (κ3) is 4.38. The monoisotopic (exact) mass is 208 g/mol. The first-order valence-corrected chi connectivity index (χ1v) is 4.93. The van der Waals surface area contributed by atoms with Gasteiger partial charge < -0.3 is 21.5 Å². The molecule has 0 aromatic heterocycles. The number of nitrogens with one attached hydrogen (secondary N) is 1. The van der Waals surface area contributed by atoms with Crippen molar-refractivity contribution in [2.75, 3.05) is 13.1 Å². The summed E-state index contributed by atoms with van der Waals surface area (Å²) in [6, 6.07) is 1.80. The lowest BCUT2D eigenvalue weighted by Crippen LogP contribution is -2.33. The van der Waals surface area contributed by atoms with Gasteiger partial charge in [0.1, 0.15) is 17.9 Å². The fourth-order valence-electron chi connectivity index (χ4n) is 1.35. The van der Waals surface area contributed by atoms with E-state index in [2.05, 4.69) is 5.32 Å². The van der Waals surface area contributed by atoms with Crippen molar-refractivity contribution in [3.05, 3.63) is 23.7 Å². The lowest BCUT2D eigenvalue weighted by atomic mass is 10.1. The lowest BCUT2D eigenvalue weighted by Gasteiger charge is -2.23. The Bertz CT molecular complexity index is 297. The van der Waals surface area contributed by atoms with Gasteiger partial charge in [-0.2, -0.15) is 5.26 Å². The van der Waals surface area contributed by atoms with Gasteiger partial charge in [0.05, 0.1) is 0 Å². The largest absolute Gasteiger partial charge is 0.476 e. The number of piperidine rings is 1. The van der Waals surface area contributed by atoms with Crippen molar-refractivity contribution in [2.45, 2.75) is 18.9 Å². The van der Waals surface area contributed by atoms with Crippen LogP contribution < -0.4 is 16.8 Å². The van der Waals surface area contributed by atoms with E-state index < -0.39 is 0 Å². The summed E-state index contributed by atoms with van der Waals surface area (Å²) >= 11 is 0. The van der Waals surface area contributed by atoms with Crippen LogP contribution in [0.5, 0.6) is 0 Å². The third-order valence-electron chi connectivity index (χ3n) is 2.15. The minimum atomic E-state index is 0.117. The van der Waals surface area contributed by atoms with E-state index in [-0.39, 0.29) is 11.8 Å². The summed E-state index contributed by atoms with van der Waals surface area (Å²) in [6.07, 6.45) is 5.02. The average Bonchev–Trinajstić information content (AvgIpc) is 2.27. The van der Waals surface area contributed by atoms with Gasteiger partial charge in [0.2, 0.25) is 0 Å². The van der Waals surface area contributed by atoms with Crippen molar-refractivity contribution in [3.63, 3.8) is 0 Å². The number of hydrogen-bond acceptors (Lipinski definition) is 5. The maximum Gasteiger partial charge on any atom is 0.184 e. The molecule has 0 spiro atoms. The van der Waals surface area contributed by atoms with E-state index >= 15 is 0 Å². The summed E-state index contributed by atoms with van der Waals surface area (Å²) in [7, 11) is 0. The molecule has 82 valence electrons. The summed E-state index contributed by atoms with van der Waals surface area (Å²) < 4.78 is 5.48. The molecule has 0 bridgehead atoms. The molecular formula is C10H16N4O. The summed E-state index contributed by atoms with van der Waals surface area (Å²) in [5.41, 5.74) is 11.0. The Morgan fingerprint density at radius 3 is 2.60 bits per heavy atom. The Morgan fingerprint density at radius 1 is 1.33 bits per heavy atom. The number of rotatable bonds is 3. The van der Waals surface area contributed by atoms with Crippen LogP contribution in [0.25, 0.3) is 0 Å². The first-order chi connectivity index (χ1) is 7.22. The fraction of sp³-hybridized carbons (Fsp3) is 0.500. The second-order valence-corrected chi connectivity index (χ2v) is 3.37. The highest BCUT2D eigenvalue weighted by atomic mass is 16.5. The van der Waals surface area contributed by atoms with Gasteiger partial charge >= 0.3 is 0 Å². The highest BCUT2D eigenvalue weighted by Crippen LogP contribution is 2.09. The highest BCUT2D eigenvalue weighted by molar-refractivity contribution is 5.22. The molecule has 15 heavy (non-hydrogen) atoms. The number of nitriles is 1. The Labute approximate surface area is 89.4 Å². The minimum Gasteiger partial charge on any atom is -0.476 e. The minimum absolute atomic E-state index is 0.117. The Hall–Kier alpha value is -1.67. The molecule has 1 aliphatic heterocycles. The highest BCUT2D eigenvalue weighted by Gasteiger charge is 2.13. The van der Waals surface area contributed by atoms with E-state index in [1.54, 1.807) is 6.07 Å². The fourth-order valence-corrected chi connectivity index (χ4v) is 1.35. The van der Waals surface area contributed by atoms with Crippen LogP contribution in [0.3, 0.4) is 0 Å². The van der Waals surface area contributed by atoms with Gasteiger partial charge in [-0.25, -0.2) is 0 Å².